The molecule has 0 aromatic heterocycles. The van der Waals surface area contributed by atoms with Crippen LogP contribution in [-0.2, 0) is 0 Å². The predicted octanol–water partition coefficient (Wildman–Crippen LogP) is 2.80. The zero-order valence-electron chi connectivity index (χ0n) is 12.2. The van der Waals surface area contributed by atoms with Crippen LogP contribution < -0.4 is 5.32 Å². The van der Waals surface area contributed by atoms with Gasteiger partial charge in [0.05, 0.1) is 0 Å². The van der Waals surface area contributed by atoms with Crippen molar-refractivity contribution in [2.45, 2.75) is 25.3 Å². The summed E-state index contributed by atoms with van der Waals surface area (Å²) in [7, 11) is 2.03. The summed E-state index contributed by atoms with van der Waals surface area (Å²) < 4.78 is 1.18. The van der Waals surface area contributed by atoms with E-state index in [0.717, 1.165) is 38.9 Å². The Morgan fingerprint density at radius 2 is 2.05 bits per heavy atom. The molecule has 1 saturated heterocycles. The quantitative estimate of drug-likeness (QED) is 0.835. The summed E-state index contributed by atoms with van der Waals surface area (Å²) in [4.78, 5) is 2.52. The standard InChI is InChI=1S/C16H25BrN2O/c1-18-16(14-4-2-3-5-15(14)17)8-11-19-9-6-13(12-20)7-10-19/h2-5,13,16,18,20H,6-12H2,1H3. The van der Waals surface area contributed by atoms with E-state index < -0.39 is 0 Å². The monoisotopic (exact) mass is 340 g/mol. The first-order valence-corrected chi connectivity index (χ1v) is 8.28. The molecule has 1 atom stereocenters. The topological polar surface area (TPSA) is 35.5 Å². The number of benzene rings is 1. The van der Waals surface area contributed by atoms with Gasteiger partial charge in [-0.3, -0.25) is 0 Å². The van der Waals surface area contributed by atoms with Crippen LogP contribution in [0.15, 0.2) is 28.7 Å². The van der Waals surface area contributed by atoms with Gasteiger partial charge in [0, 0.05) is 17.1 Å². The first kappa shape index (κ1) is 16.0. The summed E-state index contributed by atoms with van der Waals surface area (Å²) in [6.07, 6.45) is 3.38. The van der Waals surface area contributed by atoms with E-state index in [1.54, 1.807) is 0 Å². The molecular formula is C16H25BrN2O. The largest absolute Gasteiger partial charge is 0.396 e. The van der Waals surface area contributed by atoms with Crippen molar-refractivity contribution in [2.24, 2.45) is 5.92 Å². The van der Waals surface area contributed by atoms with Gasteiger partial charge in [0.2, 0.25) is 0 Å². The van der Waals surface area contributed by atoms with Crippen LogP contribution in [0, 0.1) is 5.92 Å². The Labute approximate surface area is 130 Å². The lowest BCUT2D eigenvalue weighted by Crippen LogP contribution is -2.36. The van der Waals surface area contributed by atoms with Crippen molar-refractivity contribution in [3.05, 3.63) is 34.3 Å². The van der Waals surface area contributed by atoms with Crippen molar-refractivity contribution in [3.8, 4) is 0 Å². The third-order valence-electron chi connectivity index (χ3n) is 4.33. The van der Waals surface area contributed by atoms with E-state index in [9.17, 15) is 5.11 Å². The molecule has 112 valence electrons. The molecular weight excluding hydrogens is 316 g/mol. The van der Waals surface area contributed by atoms with Crippen molar-refractivity contribution in [1.82, 2.24) is 10.2 Å². The second-order valence-corrected chi connectivity index (χ2v) is 6.47. The Morgan fingerprint density at radius 3 is 2.65 bits per heavy atom. The Balaban J connectivity index is 1.84. The number of piperidine rings is 1. The van der Waals surface area contributed by atoms with Crippen LogP contribution in [0.3, 0.4) is 0 Å². The van der Waals surface area contributed by atoms with Crippen molar-refractivity contribution >= 4 is 15.9 Å². The van der Waals surface area contributed by atoms with Gasteiger partial charge in [0.25, 0.3) is 0 Å². The number of aliphatic hydroxyl groups excluding tert-OH is 1. The Hall–Kier alpha value is -0.420. The third kappa shape index (κ3) is 4.29. The van der Waals surface area contributed by atoms with Gasteiger partial charge in [-0.1, -0.05) is 34.1 Å². The molecule has 4 heteroatoms. The first-order valence-electron chi connectivity index (χ1n) is 7.49. The van der Waals surface area contributed by atoms with E-state index in [1.165, 1.54) is 10.0 Å². The average molecular weight is 341 g/mol. The highest BCUT2D eigenvalue weighted by atomic mass is 79.9. The minimum Gasteiger partial charge on any atom is -0.396 e. The molecule has 1 aliphatic heterocycles. The zero-order valence-corrected chi connectivity index (χ0v) is 13.8. The number of nitrogens with zero attached hydrogens (tertiary/aromatic N) is 1. The molecule has 0 amide bonds. The van der Waals surface area contributed by atoms with Gasteiger partial charge in [-0.15, -0.1) is 0 Å². The van der Waals surface area contributed by atoms with Gasteiger partial charge in [0.1, 0.15) is 0 Å². The number of hydrogen-bond donors (Lipinski definition) is 2. The fourth-order valence-electron chi connectivity index (χ4n) is 2.92. The van der Waals surface area contributed by atoms with Crippen LogP contribution in [0.25, 0.3) is 0 Å². The van der Waals surface area contributed by atoms with Crippen LogP contribution in [-0.4, -0.2) is 43.3 Å². The highest BCUT2D eigenvalue weighted by Crippen LogP contribution is 2.26. The van der Waals surface area contributed by atoms with Crippen LogP contribution in [0.2, 0.25) is 0 Å². The number of aliphatic hydroxyl groups is 1. The maximum absolute atomic E-state index is 9.18. The number of rotatable bonds is 6. The summed E-state index contributed by atoms with van der Waals surface area (Å²) >= 11 is 3.64. The lowest BCUT2D eigenvalue weighted by atomic mass is 9.97. The van der Waals surface area contributed by atoms with Crippen LogP contribution >= 0.6 is 15.9 Å². The van der Waals surface area contributed by atoms with Crippen LogP contribution in [0.4, 0.5) is 0 Å². The lowest BCUT2D eigenvalue weighted by Gasteiger charge is -2.32. The highest BCUT2D eigenvalue weighted by molar-refractivity contribution is 9.10. The highest BCUT2D eigenvalue weighted by Gasteiger charge is 2.20. The van der Waals surface area contributed by atoms with Gasteiger partial charge in [-0.2, -0.15) is 0 Å². The molecule has 1 heterocycles. The first-order chi connectivity index (χ1) is 9.74. The molecule has 0 radical (unpaired) electrons. The summed E-state index contributed by atoms with van der Waals surface area (Å²) in [5.74, 6) is 0.523. The fraction of sp³-hybridized carbons (Fsp3) is 0.625. The maximum Gasteiger partial charge on any atom is 0.0460 e. The SMILES string of the molecule is CNC(CCN1CCC(CO)CC1)c1ccccc1Br. The third-order valence-corrected chi connectivity index (χ3v) is 5.05. The molecule has 2 N–H and O–H groups in total. The Morgan fingerprint density at radius 1 is 1.35 bits per heavy atom. The molecule has 0 spiro atoms. The molecule has 1 fully saturated rings. The van der Waals surface area contributed by atoms with E-state index in [2.05, 4.69) is 50.4 Å². The van der Waals surface area contributed by atoms with Crippen molar-refractivity contribution in [1.29, 1.82) is 0 Å². The van der Waals surface area contributed by atoms with Crippen LogP contribution in [0.5, 0.6) is 0 Å². The number of hydrogen-bond acceptors (Lipinski definition) is 3. The molecule has 1 unspecified atom stereocenters. The summed E-state index contributed by atoms with van der Waals surface area (Å²) in [5, 5.41) is 12.6. The van der Waals surface area contributed by atoms with E-state index in [-0.39, 0.29) is 0 Å². The second-order valence-electron chi connectivity index (χ2n) is 5.62. The van der Waals surface area contributed by atoms with Gasteiger partial charge < -0.3 is 15.3 Å². The molecule has 1 aliphatic rings. The lowest BCUT2D eigenvalue weighted by molar-refractivity contribution is 0.128. The second kappa shape index (κ2) is 8.13. The minimum atomic E-state index is 0.351. The van der Waals surface area contributed by atoms with Crippen molar-refractivity contribution in [2.75, 3.05) is 33.3 Å². The normalized spacial score (nSPS) is 19.1. The van der Waals surface area contributed by atoms with E-state index in [1.807, 2.05) is 7.05 Å². The van der Waals surface area contributed by atoms with Crippen molar-refractivity contribution in [3.63, 3.8) is 0 Å². The number of likely N-dealkylation sites (tertiary alicyclic amines) is 1. The Kier molecular flexibility index (Phi) is 6.49. The molecule has 0 bridgehead atoms. The smallest absolute Gasteiger partial charge is 0.0460 e. The number of nitrogens with one attached hydrogen (secondary N) is 1. The predicted molar refractivity (Wildman–Crippen MR) is 86.8 cm³/mol. The molecule has 20 heavy (non-hydrogen) atoms. The van der Waals surface area contributed by atoms with Gasteiger partial charge in [-0.25, -0.2) is 0 Å². The average Bonchev–Trinajstić information content (AvgIpc) is 2.50. The minimum absolute atomic E-state index is 0.351. The molecule has 0 aliphatic carbocycles. The van der Waals surface area contributed by atoms with Gasteiger partial charge in [0.15, 0.2) is 0 Å². The van der Waals surface area contributed by atoms with E-state index >= 15 is 0 Å². The van der Waals surface area contributed by atoms with Gasteiger partial charge >= 0.3 is 0 Å². The van der Waals surface area contributed by atoms with E-state index in [4.69, 9.17) is 0 Å². The Bertz CT molecular complexity index is 405. The number of halogens is 1. The summed E-state index contributed by atoms with van der Waals surface area (Å²) in [6, 6.07) is 8.83. The van der Waals surface area contributed by atoms with Crippen molar-refractivity contribution < 1.29 is 5.11 Å². The zero-order chi connectivity index (χ0) is 14.4. The van der Waals surface area contributed by atoms with Crippen LogP contribution in [0.1, 0.15) is 30.9 Å². The molecule has 1 aromatic carbocycles. The molecule has 3 nitrogen and oxygen atoms in total. The maximum atomic E-state index is 9.18. The van der Waals surface area contributed by atoms with Gasteiger partial charge in [-0.05, 0) is 63.5 Å². The summed E-state index contributed by atoms with van der Waals surface area (Å²) in [5.41, 5.74) is 1.33. The molecule has 2 rings (SSSR count). The molecule has 1 aromatic rings. The van der Waals surface area contributed by atoms with E-state index in [0.29, 0.717) is 18.6 Å². The summed E-state index contributed by atoms with van der Waals surface area (Å²) in [6.45, 7) is 3.71. The fourth-order valence-corrected chi connectivity index (χ4v) is 3.48. The molecule has 0 saturated carbocycles.